The summed E-state index contributed by atoms with van der Waals surface area (Å²) in [6.07, 6.45) is 0.404. The molecular weight excluding hydrogens is 369 g/mol. The van der Waals surface area contributed by atoms with Crippen LogP contribution in [0, 0.1) is 0 Å². The van der Waals surface area contributed by atoms with Gasteiger partial charge in [-0.2, -0.15) is 0 Å². The van der Waals surface area contributed by atoms with Crippen molar-refractivity contribution >= 4 is 23.5 Å². The van der Waals surface area contributed by atoms with E-state index in [4.69, 9.17) is 13.8 Å². The van der Waals surface area contributed by atoms with Gasteiger partial charge in [0.05, 0.1) is 18.5 Å². The van der Waals surface area contributed by atoms with E-state index in [-0.39, 0.29) is 19.8 Å². The van der Waals surface area contributed by atoms with Crippen molar-refractivity contribution in [3.8, 4) is 0 Å². The Hall–Kier alpha value is -0.630. The van der Waals surface area contributed by atoms with Crippen molar-refractivity contribution in [2.45, 2.75) is 58.3 Å². The van der Waals surface area contributed by atoms with Gasteiger partial charge in [0.2, 0.25) is 0 Å². The molecule has 0 saturated carbocycles. The molecule has 1 amide bonds. The molecule has 1 unspecified atom stereocenters. The van der Waals surface area contributed by atoms with Gasteiger partial charge in [0.15, 0.2) is 15.3 Å². The number of nitrogens with zero attached hydrogens (tertiary/aromatic N) is 1. The maximum atomic E-state index is 12.7. The van der Waals surface area contributed by atoms with Crippen LogP contribution in [0.15, 0.2) is 0 Å². The fraction of sp³-hybridized carbons (Fsp3) is 0.933. The molecule has 0 spiro atoms. The number of sulfone groups is 1. The van der Waals surface area contributed by atoms with Crippen molar-refractivity contribution in [2.24, 2.45) is 0 Å². The van der Waals surface area contributed by atoms with Crippen molar-refractivity contribution in [2.75, 3.05) is 31.8 Å². The molecular formula is C15H30NO7PS. The van der Waals surface area contributed by atoms with Crippen LogP contribution in [-0.2, 0) is 28.2 Å². The van der Waals surface area contributed by atoms with Crippen molar-refractivity contribution in [1.29, 1.82) is 0 Å². The quantitative estimate of drug-likeness (QED) is 0.607. The molecule has 0 N–H and O–H groups in total. The summed E-state index contributed by atoms with van der Waals surface area (Å²) < 4.78 is 53.4. The largest absolute Gasteiger partial charge is 0.444 e. The first kappa shape index (κ1) is 22.4. The van der Waals surface area contributed by atoms with Crippen LogP contribution in [0.25, 0.3) is 0 Å². The molecule has 0 aliphatic carbocycles. The summed E-state index contributed by atoms with van der Waals surface area (Å²) in [6, 6.07) is 0. The fourth-order valence-corrected chi connectivity index (χ4v) is 7.55. The van der Waals surface area contributed by atoms with Gasteiger partial charge in [-0.1, -0.05) is 0 Å². The Morgan fingerprint density at radius 1 is 1.20 bits per heavy atom. The van der Waals surface area contributed by atoms with E-state index in [9.17, 15) is 17.8 Å². The molecule has 0 bridgehead atoms. The Morgan fingerprint density at radius 3 is 2.24 bits per heavy atom. The van der Waals surface area contributed by atoms with Gasteiger partial charge in [0.25, 0.3) is 0 Å². The van der Waals surface area contributed by atoms with Gasteiger partial charge in [-0.05, 0) is 47.5 Å². The normalized spacial score (nSPS) is 19.7. The molecule has 148 valence electrons. The Labute approximate surface area is 150 Å². The number of hydrogen-bond donors (Lipinski definition) is 0. The van der Waals surface area contributed by atoms with E-state index in [0.29, 0.717) is 19.4 Å². The first-order chi connectivity index (χ1) is 11.4. The first-order valence-electron chi connectivity index (χ1n) is 8.50. The third-order valence-electron chi connectivity index (χ3n) is 3.53. The number of carbonyl (C=O) groups excluding carboxylic acids is 1. The van der Waals surface area contributed by atoms with Crippen LogP contribution in [-0.4, -0.2) is 62.1 Å². The van der Waals surface area contributed by atoms with Crippen molar-refractivity contribution in [3.05, 3.63) is 0 Å². The van der Waals surface area contributed by atoms with E-state index in [0.717, 1.165) is 0 Å². The number of amides is 1. The minimum absolute atomic E-state index is 0.0233. The highest BCUT2D eigenvalue weighted by molar-refractivity contribution is 7.98. The molecule has 1 heterocycles. The summed E-state index contributed by atoms with van der Waals surface area (Å²) in [5.74, 6) is 0. The predicted molar refractivity (Wildman–Crippen MR) is 95.5 cm³/mol. The maximum absolute atomic E-state index is 12.7. The molecule has 8 nitrogen and oxygen atoms in total. The minimum Gasteiger partial charge on any atom is -0.444 e. The molecule has 1 rings (SSSR count). The predicted octanol–water partition coefficient (Wildman–Crippen LogP) is 3.02. The fourth-order valence-electron chi connectivity index (χ4n) is 2.55. The zero-order valence-electron chi connectivity index (χ0n) is 15.7. The Kier molecular flexibility index (Phi) is 7.93. The third-order valence-corrected chi connectivity index (χ3v) is 8.94. The lowest BCUT2D eigenvalue weighted by atomic mass is 10.1. The molecule has 10 heteroatoms. The van der Waals surface area contributed by atoms with Crippen LogP contribution in [0.1, 0.15) is 47.5 Å². The van der Waals surface area contributed by atoms with Crippen LogP contribution >= 0.6 is 7.60 Å². The van der Waals surface area contributed by atoms with Crippen LogP contribution in [0.2, 0.25) is 0 Å². The molecule has 1 saturated heterocycles. The highest BCUT2D eigenvalue weighted by Crippen LogP contribution is 2.50. The SMILES string of the molecule is CCOP(=O)(CS(=O)(=O)C1CCCN(C(=O)OC(C)(C)C)C1)OCC. The lowest BCUT2D eigenvalue weighted by Gasteiger charge is -2.34. The average Bonchev–Trinajstić information content (AvgIpc) is 2.45. The van der Waals surface area contributed by atoms with E-state index in [2.05, 4.69) is 0 Å². The Bertz CT molecular complexity index is 589. The van der Waals surface area contributed by atoms with E-state index in [1.165, 1.54) is 4.90 Å². The van der Waals surface area contributed by atoms with Gasteiger partial charge in [-0.3, -0.25) is 4.57 Å². The highest BCUT2D eigenvalue weighted by atomic mass is 32.2. The summed E-state index contributed by atoms with van der Waals surface area (Å²) in [6.45, 7) is 9.18. The van der Waals surface area contributed by atoms with Gasteiger partial charge in [-0.25, -0.2) is 13.2 Å². The van der Waals surface area contributed by atoms with E-state index in [1.807, 2.05) is 0 Å². The van der Waals surface area contributed by atoms with Gasteiger partial charge < -0.3 is 18.7 Å². The van der Waals surface area contributed by atoms with E-state index < -0.39 is 39.9 Å². The lowest BCUT2D eigenvalue weighted by molar-refractivity contribution is 0.0219. The van der Waals surface area contributed by atoms with Gasteiger partial charge in [0, 0.05) is 13.1 Å². The van der Waals surface area contributed by atoms with Crippen molar-refractivity contribution in [1.82, 2.24) is 4.90 Å². The molecule has 0 aromatic rings. The zero-order chi connectivity index (χ0) is 19.3. The lowest BCUT2D eigenvalue weighted by Crippen LogP contribution is -2.47. The van der Waals surface area contributed by atoms with E-state index in [1.54, 1.807) is 34.6 Å². The monoisotopic (exact) mass is 399 g/mol. The molecule has 0 aromatic heterocycles. The van der Waals surface area contributed by atoms with Gasteiger partial charge in [-0.15, -0.1) is 0 Å². The number of hydrogen-bond acceptors (Lipinski definition) is 7. The number of rotatable bonds is 7. The van der Waals surface area contributed by atoms with Crippen LogP contribution in [0.4, 0.5) is 4.79 Å². The molecule has 1 atom stereocenters. The zero-order valence-corrected chi connectivity index (χ0v) is 17.4. The molecule has 1 aliphatic heterocycles. The summed E-state index contributed by atoms with van der Waals surface area (Å²) >= 11 is 0. The second-order valence-electron chi connectivity index (χ2n) is 6.93. The number of likely N-dealkylation sites (tertiary alicyclic amines) is 1. The van der Waals surface area contributed by atoms with Crippen LogP contribution in [0.5, 0.6) is 0 Å². The highest BCUT2D eigenvalue weighted by Gasteiger charge is 2.40. The average molecular weight is 399 g/mol. The standard InChI is InChI=1S/C15H30NO7PS/c1-6-21-24(18,22-7-2)12-25(19,20)13-9-8-10-16(11-13)14(17)23-15(3,4)5/h13H,6-12H2,1-5H3. The number of ether oxygens (including phenoxy) is 1. The molecule has 0 aromatic carbocycles. The minimum atomic E-state index is -3.76. The number of piperidine rings is 1. The molecule has 0 radical (unpaired) electrons. The topological polar surface area (TPSA) is 99.2 Å². The summed E-state index contributed by atoms with van der Waals surface area (Å²) in [7, 11) is -7.47. The Balaban J connectivity index is 2.84. The molecule has 1 aliphatic rings. The van der Waals surface area contributed by atoms with Gasteiger partial charge in [0.1, 0.15) is 5.60 Å². The van der Waals surface area contributed by atoms with E-state index >= 15 is 0 Å². The number of carbonyl (C=O) groups is 1. The third kappa shape index (κ3) is 7.25. The molecule has 1 fully saturated rings. The second-order valence-corrected chi connectivity index (χ2v) is 11.7. The first-order valence-corrected chi connectivity index (χ1v) is 11.9. The Morgan fingerprint density at radius 2 is 1.76 bits per heavy atom. The van der Waals surface area contributed by atoms with Crippen LogP contribution < -0.4 is 0 Å². The van der Waals surface area contributed by atoms with Crippen molar-refractivity contribution in [3.63, 3.8) is 0 Å². The summed E-state index contributed by atoms with van der Waals surface area (Å²) in [5.41, 5.74) is -1.32. The maximum Gasteiger partial charge on any atom is 0.410 e. The van der Waals surface area contributed by atoms with Crippen LogP contribution in [0.3, 0.4) is 0 Å². The molecule has 25 heavy (non-hydrogen) atoms. The van der Waals surface area contributed by atoms with Crippen molar-refractivity contribution < 1.29 is 31.6 Å². The van der Waals surface area contributed by atoms with Gasteiger partial charge >= 0.3 is 13.7 Å². The summed E-state index contributed by atoms with van der Waals surface area (Å²) in [4.78, 5) is 13.6. The summed E-state index contributed by atoms with van der Waals surface area (Å²) in [5, 5.41) is -0.803. The second kappa shape index (κ2) is 8.84. The smallest absolute Gasteiger partial charge is 0.410 e.